The van der Waals surface area contributed by atoms with Crippen LogP contribution < -0.4 is 15.5 Å². The Balaban J connectivity index is 1.68. The number of aryl methyl sites for hydroxylation is 2. The molecule has 0 amide bonds. The number of guanidine groups is 1. The number of nitrogens with zero attached hydrogens (tertiary/aromatic N) is 5. The van der Waals surface area contributed by atoms with Crippen LogP contribution >= 0.6 is 0 Å². The minimum absolute atomic E-state index is 0.158. The van der Waals surface area contributed by atoms with Crippen LogP contribution in [0.1, 0.15) is 49.8 Å². The number of piperidine rings is 1. The Morgan fingerprint density at radius 3 is 2.87 bits per heavy atom. The summed E-state index contributed by atoms with van der Waals surface area (Å²) in [6.07, 6.45) is 4.24. The zero-order chi connectivity index (χ0) is 21.5. The Bertz CT molecular complexity index is 861. The lowest BCUT2D eigenvalue weighted by molar-refractivity contribution is 0.462. The molecule has 7 nitrogen and oxygen atoms in total. The highest BCUT2D eigenvalue weighted by atomic mass is 19.1. The number of anilines is 1. The van der Waals surface area contributed by atoms with Gasteiger partial charge in [0.2, 0.25) is 0 Å². The maximum absolute atomic E-state index is 14.4. The summed E-state index contributed by atoms with van der Waals surface area (Å²) in [5.74, 6) is 2.32. The lowest BCUT2D eigenvalue weighted by atomic mass is 10.0. The Morgan fingerprint density at radius 1 is 1.30 bits per heavy atom. The van der Waals surface area contributed by atoms with Crippen LogP contribution in [0.3, 0.4) is 0 Å². The average molecular weight is 416 g/mol. The van der Waals surface area contributed by atoms with Gasteiger partial charge < -0.3 is 20.1 Å². The number of aliphatic imine (C=N–C) groups is 1. The van der Waals surface area contributed by atoms with Crippen LogP contribution in [0, 0.1) is 19.7 Å². The van der Waals surface area contributed by atoms with Crippen molar-refractivity contribution in [1.82, 2.24) is 25.4 Å². The third-order valence-corrected chi connectivity index (χ3v) is 5.59. The monoisotopic (exact) mass is 415 g/mol. The molecule has 1 aliphatic rings. The average Bonchev–Trinajstić information content (AvgIpc) is 3.06. The zero-order valence-electron chi connectivity index (χ0n) is 18.6. The van der Waals surface area contributed by atoms with Gasteiger partial charge in [0.1, 0.15) is 18.2 Å². The second-order valence-corrected chi connectivity index (χ2v) is 8.05. The third kappa shape index (κ3) is 5.70. The van der Waals surface area contributed by atoms with Gasteiger partial charge in [-0.05, 0) is 50.8 Å². The molecule has 1 aromatic heterocycles. The predicted molar refractivity (Wildman–Crippen MR) is 119 cm³/mol. The summed E-state index contributed by atoms with van der Waals surface area (Å²) < 4.78 is 16.3. The molecule has 2 aromatic rings. The summed E-state index contributed by atoms with van der Waals surface area (Å²) in [6, 6.07) is 5.51. The fourth-order valence-corrected chi connectivity index (χ4v) is 3.65. The number of nitrogens with one attached hydrogen (secondary N) is 2. The molecule has 8 heteroatoms. The molecule has 1 fully saturated rings. The Morgan fingerprint density at radius 2 is 2.13 bits per heavy atom. The molecule has 0 bridgehead atoms. The van der Waals surface area contributed by atoms with Gasteiger partial charge in [0, 0.05) is 32.7 Å². The first-order valence-electron chi connectivity index (χ1n) is 10.9. The van der Waals surface area contributed by atoms with Crippen molar-refractivity contribution >= 4 is 11.6 Å². The molecule has 1 saturated heterocycles. The van der Waals surface area contributed by atoms with E-state index in [2.05, 4.69) is 32.7 Å². The van der Waals surface area contributed by atoms with Crippen molar-refractivity contribution in [2.75, 3.05) is 24.5 Å². The van der Waals surface area contributed by atoms with Crippen molar-refractivity contribution < 1.29 is 4.39 Å². The van der Waals surface area contributed by atoms with Crippen LogP contribution in [0.5, 0.6) is 0 Å². The van der Waals surface area contributed by atoms with E-state index in [4.69, 9.17) is 4.99 Å². The van der Waals surface area contributed by atoms with Gasteiger partial charge in [-0.1, -0.05) is 19.4 Å². The van der Waals surface area contributed by atoms with Crippen molar-refractivity contribution in [2.45, 2.75) is 59.0 Å². The van der Waals surface area contributed by atoms with Crippen LogP contribution in [0.25, 0.3) is 0 Å². The first kappa shape index (κ1) is 22.1. The van der Waals surface area contributed by atoms with Gasteiger partial charge in [-0.25, -0.2) is 9.38 Å². The fourth-order valence-electron chi connectivity index (χ4n) is 3.65. The van der Waals surface area contributed by atoms with E-state index in [1.54, 1.807) is 6.07 Å². The lowest BCUT2D eigenvalue weighted by Crippen LogP contribution is -2.51. The highest BCUT2D eigenvalue weighted by Gasteiger charge is 2.23. The van der Waals surface area contributed by atoms with E-state index < -0.39 is 0 Å². The number of hydrogen-bond donors (Lipinski definition) is 2. The van der Waals surface area contributed by atoms with Crippen LogP contribution in [-0.2, 0) is 13.6 Å². The normalized spacial score (nSPS) is 17.3. The van der Waals surface area contributed by atoms with Gasteiger partial charge in [-0.3, -0.25) is 0 Å². The lowest BCUT2D eigenvalue weighted by Gasteiger charge is -2.35. The van der Waals surface area contributed by atoms with Gasteiger partial charge in [-0.15, -0.1) is 10.2 Å². The van der Waals surface area contributed by atoms with Gasteiger partial charge in [0.15, 0.2) is 11.8 Å². The molecule has 0 radical (unpaired) electrons. The van der Waals surface area contributed by atoms with Crippen LogP contribution in [0.15, 0.2) is 23.2 Å². The van der Waals surface area contributed by atoms with Crippen molar-refractivity contribution in [3.63, 3.8) is 0 Å². The molecular formula is C22H34FN7. The van der Waals surface area contributed by atoms with E-state index in [-0.39, 0.29) is 11.9 Å². The van der Waals surface area contributed by atoms with Gasteiger partial charge >= 0.3 is 0 Å². The SMILES string of the molecule is CCCCNC(=NCc1nnc(C)n1C)NC1CCCN(c2cc(C)ccc2F)C1. The number of aromatic nitrogens is 3. The highest BCUT2D eigenvalue weighted by molar-refractivity contribution is 5.80. The van der Waals surface area contributed by atoms with Crippen molar-refractivity contribution in [3.8, 4) is 0 Å². The van der Waals surface area contributed by atoms with E-state index in [0.29, 0.717) is 12.2 Å². The molecule has 30 heavy (non-hydrogen) atoms. The van der Waals surface area contributed by atoms with E-state index in [1.165, 1.54) is 0 Å². The Kier molecular flexibility index (Phi) is 7.65. The molecule has 2 N–H and O–H groups in total. The third-order valence-electron chi connectivity index (χ3n) is 5.59. The smallest absolute Gasteiger partial charge is 0.191 e. The summed E-state index contributed by atoms with van der Waals surface area (Å²) in [7, 11) is 1.95. The van der Waals surface area contributed by atoms with Gasteiger partial charge in [0.05, 0.1) is 5.69 Å². The maximum atomic E-state index is 14.4. The molecule has 164 valence electrons. The molecule has 0 aliphatic carbocycles. The van der Waals surface area contributed by atoms with Crippen LogP contribution in [0.4, 0.5) is 10.1 Å². The van der Waals surface area contributed by atoms with E-state index >= 15 is 0 Å². The molecule has 2 heterocycles. The number of unbranched alkanes of at least 4 members (excludes halogenated alkanes) is 1. The summed E-state index contributed by atoms with van der Waals surface area (Å²) in [5, 5.41) is 15.3. The number of halogens is 1. The minimum atomic E-state index is -0.158. The highest BCUT2D eigenvalue weighted by Crippen LogP contribution is 2.24. The summed E-state index contributed by atoms with van der Waals surface area (Å²) >= 11 is 0. The number of benzene rings is 1. The zero-order valence-corrected chi connectivity index (χ0v) is 18.6. The molecular weight excluding hydrogens is 381 g/mol. The first-order chi connectivity index (χ1) is 14.5. The quantitative estimate of drug-likeness (QED) is 0.413. The molecule has 1 atom stereocenters. The van der Waals surface area contributed by atoms with Crippen molar-refractivity contribution in [1.29, 1.82) is 0 Å². The van der Waals surface area contributed by atoms with Crippen molar-refractivity contribution in [2.24, 2.45) is 12.0 Å². The second-order valence-electron chi connectivity index (χ2n) is 8.05. The van der Waals surface area contributed by atoms with E-state index in [0.717, 1.165) is 68.5 Å². The predicted octanol–water partition coefficient (Wildman–Crippen LogP) is 3.08. The summed E-state index contributed by atoms with van der Waals surface area (Å²) in [6.45, 7) is 9.04. The molecule has 1 aliphatic heterocycles. The Hall–Kier alpha value is -2.64. The number of hydrogen-bond acceptors (Lipinski definition) is 4. The Labute approximate surface area is 178 Å². The number of rotatable bonds is 7. The van der Waals surface area contributed by atoms with Gasteiger partial charge in [-0.2, -0.15) is 0 Å². The fraction of sp³-hybridized carbons (Fsp3) is 0.591. The summed E-state index contributed by atoms with van der Waals surface area (Å²) in [4.78, 5) is 6.88. The molecule has 0 saturated carbocycles. The van der Waals surface area contributed by atoms with Crippen molar-refractivity contribution in [3.05, 3.63) is 41.2 Å². The topological polar surface area (TPSA) is 70.4 Å². The minimum Gasteiger partial charge on any atom is -0.367 e. The standard InChI is InChI=1S/C22H34FN7/c1-5-6-11-24-22(25-14-21-28-27-17(3)29(21)4)26-18-8-7-12-30(15-18)20-13-16(2)9-10-19(20)23/h9-10,13,18H,5-8,11-12,14-15H2,1-4H3,(H2,24,25,26). The molecule has 0 spiro atoms. The molecule has 1 aromatic carbocycles. The maximum Gasteiger partial charge on any atom is 0.191 e. The van der Waals surface area contributed by atoms with Crippen LogP contribution in [-0.4, -0.2) is 46.4 Å². The molecule has 3 rings (SSSR count). The van der Waals surface area contributed by atoms with Crippen LogP contribution in [0.2, 0.25) is 0 Å². The summed E-state index contributed by atoms with van der Waals surface area (Å²) in [5.41, 5.74) is 1.76. The second kappa shape index (κ2) is 10.4. The first-order valence-corrected chi connectivity index (χ1v) is 10.9. The van der Waals surface area contributed by atoms with Gasteiger partial charge in [0.25, 0.3) is 0 Å². The largest absolute Gasteiger partial charge is 0.367 e. The van der Waals surface area contributed by atoms with E-state index in [1.807, 2.05) is 37.6 Å². The molecule has 1 unspecified atom stereocenters. The van der Waals surface area contributed by atoms with E-state index in [9.17, 15) is 4.39 Å².